The van der Waals surface area contributed by atoms with Crippen LogP contribution in [0.3, 0.4) is 0 Å². The molecular formula is C15H24N2O2. The van der Waals surface area contributed by atoms with E-state index in [1.54, 1.807) is 6.92 Å². The van der Waals surface area contributed by atoms with Crippen LogP contribution in [0, 0.1) is 6.92 Å². The molecule has 1 rings (SSSR count). The SMILES string of the molecule is CCCNC(C)(CN(C)c1ccc(C)cc1)C(=O)O. The molecule has 106 valence electrons. The zero-order valence-corrected chi connectivity index (χ0v) is 12.2. The molecule has 0 amide bonds. The first-order valence-corrected chi connectivity index (χ1v) is 6.65. The molecule has 0 saturated carbocycles. The second-order valence-electron chi connectivity index (χ2n) is 5.26. The molecule has 0 heterocycles. The third-order valence-electron chi connectivity index (χ3n) is 3.27. The Labute approximate surface area is 115 Å². The maximum atomic E-state index is 11.5. The molecule has 0 spiro atoms. The van der Waals surface area contributed by atoms with E-state index < -0.39 is 11.5 Å². The average Bonchev–Trinajstić information content (AvgIpc) is 2.36. The second-order valence-corrected chi connectivity index (χ2v) is 5.26. The topological polar surface area (TPSA) is 52.6 Å². The van der Waals surface area contributed by atoms with Gasteiger partial charge in [-0.15, -0.1) is 0 Å². The molecule has 1 unspecified atom stereocenters. The predicted octanol–water partition coefficient (Wildman–Crippen LogP) is 2.27. The van der Waals surface area contributed by atoms with E-state index in [0.29, 0.717) is 13.1 Å². The number of carboxylic acids is 1. The normalized spacial score (nSPS) is 13.9. The second kappa shape index (κ2) is 6.57. The van der Waals surface area contributed by atoms with Crippen molar-refractivity contribution in [3.05, 3.63) is 29.8 Å². The van der Waals surface area contributed by atoms with Crippen LogP contribution in [-0.2, 0) is 4.79 Å². The van der Waals surface area contributed by atoms with E-state index in [1.807, 2.05) is 50.1 Å². The van der Waals surface area contributed by atoms with Crippen LogP contribution < -0.4 is 10.2 Å². The third kappa shape index (κ3) is 4.24. The van der Waals surface area contributed by atoms with Crippen LogP contribution in [0.4, 0.5) is 5.69 Å². The van der Waals surface area contributed by atoms with Gasteiger partial charge in [0.25, 0.3) is 0 Å². The monoisotopic (exact) mass is 264 g/mol. The van der Waals surface area contributed by atoms with Crippen LogP contribution in [0.25, 0.3) is 0 Å². The van der Waals surface area contributed by atoms with Crippen molar-refractivity contribution in [3.63, 3.8) is 0 Å². The molecule has 0 aliphatic rings. The highest BCUT2D eigenvalue weighted by molar-refractivity contribution is 5.79. The largest absolute Gasteiger partial charge is 0.480 e. The molecule has 1 atom stereocenters. The summed E-state index contributed by atoms with van der Waals surface area (Å²) < 4.78 is 0. The first kappa shape index (κ1) is 15.5. The number of nitrogens with zero attached hydrogens (tertiary/aromatic N) is 1. The van der Waals surface area contributed by atoms with E-state index in [-0.39, 0.29) is 0 Å². The van der Waals surface area contributed by atoms with Gasteiger partial charge >= 0.3 is 5.97 Å². The van der Waals surface area contributed by atoms with Gasteiger partial charge in [-0.05, 0) is 38.9 Å². The van der Waals surface area contributed by atoms with E-state index in [4.69, 9.17) is 0 Å². The van der Waals surface area contributed by atoms with Crippen LogP contribution in [0.15, 0.2) is 24.3 Å². The summed E-state index contributed by atoms with van der Waals surface area (Å²) in [7, 11) is 1.92. The van der Waals surface area contributed by atoms with Crippen molar-refractivity contribution in [1.29, 1.82) is 0 Å². The number of carboxylic acid groups (broad SMARTS) is 1. The van der Waals surface area contributed by atoms with Crippen LogP contribution in [0.1, 0.15) is 25.8 Å². The molecule has 1 aromatic rings. The molecule has 0 radical (unpaired) electrons. The third-order valence-corrected chi connectivity index (χ3v) is 3.27. The Hall–Kier alpha value is -1.55. The Bertz CT molecular complexity index is 417. The van der Waals surface area contributed by atoms with Gasteiger partial charge in [-0.25, -0.2) is 0 Å². The first-order chi connectivity index (χ1) is 8.89. The lowest BCUT2D eigenvalue weighted by atomic mass is 10.0. The Morgan fingerprint density at radius 1 is 1.37 bits per heavy atom. The van der Waals surface area contributed by atoms with Crippen LogP contribution in [0.5, 0.6) is 0 Å². The highest BCUT2D eigenvalue weighted by atomic mass is 16.4. The number of hydrogen-bond acceptors (Lipinski definition) is 3. The van der Waals surface area contributed by atoms with Crippen molar-refractivity contribution in [1.82, 2.24) is 5.32 Å². The quantitative estimate of drug-likeness (QED) is 0.793. The molecule has 1 aromatic carbocycles. The highest BCUT2D eigenvalue weighted by Crippen LogP contribution is 2.16. The number of anilines is 1. The molecule has 0 aliphatic carbocycles. The number of carbonyl (C=O) groups is 1. The van der Waals surface area contributed by atoms with Crippen LogP contribution in [0.2, 0.25) is 0 Å². The van der Waals surface area contributed by atoms with Crippen LogP contribution >= 0.6 is 0 Å². The number of aryl methyl sites for hydroxylation is 1. The summed E-state index contributed by atoms with van der Waals surface area (Å²) in [5.41, 5.74) is 1.29. The molecular weight excluding hydrogens is 240 g/mol. The number of likely N-dealkylation sites (N-methyl/N-ethyl adjacent to an activating group) is 1. The minimum atomic E-state index is -0.935. The fourth-order valence-corrected chi connectivity index (χ4v) is 1.96. The van der Waals surface area contributed by atoms with Gasteiger partial charge in [0.05, 0.1) is 0 Å². The zero-order chi connectivity index (χ0) is 14.5. The highest BCUT2D eigenvalue weighted by Gasteiger charge is 2.33. The van der Waals surface area contributed by atoms with E-state index in [1.165, 1.54) is 5.56 Å². The molecule has 0 bridgehead atoms. The van der Waals surface area contributed by atoms with Gasteiger partial charge in [-0.2, -0.15) is 0 Å². The number of hydrogen-bond donors (Lipinski definition) is 2. The zero-order valence-electron chi connectivity index (χ0n) is 12.2. The lowest BCUT2D eigenvalue weighted by Gasteiger charge is -2.32. The Kier molecular flexibility index (Phi) is 5.36. The summed E-state index contributed by atoms with van der Waals surface area (Å²) in [5, 5.41) is 12.5. The fourth-order valence-electron chi connectivity index (χ4n) is 1.96. The van der Waals surface area contributed by atoms with Crippen LogP contribution in [-0.4, -0.2) is 36.8 Å². The van der Waals surface area contributed by atoms with Gasteiger partial charge in [0, 0.05) is 19.3 Å². The Balaban J connectivity index is 2.78. The molecule has 19 heavy (non-hydrogen) atoms. The van der Waals surface area contributed by atoms with E-state index >= 15 is 0 Å². The lowest BCUT2D eigenvalue weighted by Crippen LogP contribution is -2.56. The molecule has 2 N–H and O–H groups in total. The van der Waals surface area contributed by atoms with Gasteiger partial charge in [-0.1, -0.05) is 24.6 Å². The van der Waals surface area contributed by atoms with Gasteiger partial charge in [-0.3, -0.25) is 4.79 Å². The number of rotatable bonds is 7. The summed E-state index contributed by atoms with van der Waals surface area (Å²) in [6, 6.07) is 8.08. The molecule has 4 heteroatoms. The van der Waals surface area contributed by atoms with E-state index in [2.05, 4.69) is 5.32 Å². The molecule has 0 aliphatic heterocycles. The van der Waals surface area contributed by atoms with E-state index in [0.717, 1.165) is 12.1 Å². The Morgan fingerprint density at radius 3 is 2.42 bits per heavy atom. The van der Waals surface area contributed by atoms with Gasteiger partial charge in [0.2, 0.25) is 0 Å². The number of aliphatic carboxylic acids is 1. The van der Waals surface area contributed by atoms with Gasteiger partial charge in [0.15, 0.2) is 0 Å². The van der Waals surface area contributed by atoms with Crippen molar-refractivity contribution in [2.75, 3.05) is 25.0 Å². The molecule has 0 fully saturated rings. The maximum absolute atomic E-state index is 11.5. The standard InChI is InChI=1S/C15H24N2O2/c1-5-10-16-15(3,14(18)19)11-17(4)13-8-6-12(2)7-9-13/h6-9,16H,5,10-11H2,1-4H3,(H,18,19). The smallest absolute Gasteiger partial charge is 0.325 e. The Morgan fingerprint density at radius 2 is 1.95 bits per heavy atom. The summed E-state index contributed by atoms with van der Waals surface area (Å²) in [6.45, 7) is 6.92. The number of nitrogens with one attached hydrogen (secondary N) is 1. The van der Waals surface area contributed by atoms with Crippen molar-refractivity contribution < 1.29 is 9.90 Å². The van der Waals surface area contributed by atoms with Crippen molar-refractivity contribution in [2.45, 2.75) is 32.7 Å². The van der Waals surface area contributed by atoms with Crippen molar-refractivity contribution >= 4 is 11.7 Å². The first-order valence-electron chi connectivity index (χ1n) is 6.65. The van der Waals surface area contributed by atoms with Gasteiger partial charge in [0.1, 0.15) is 5.54 Å². The summed E-state index contributed by atoms with van der Waals surface area (Å²) in [5.74, 6) is -0.820. The summed E-state index contributed by atoms with van der Waals surface area (Å²) in [6.07, 6.45) is 0.914. The maximum Gasteiger partial charge on any atom is 0.325 e. The molecule has 0 saturated heterocycles. The minimum absolute atomic E-state index is 0.422. The summed E-state index contributed by atoms with van der Waals surface area (Å²) >= 11 is 0. The minimum Gasteiger partial charge on any atom is -0.480 e. The predicted molar refractivity (Wildman–Crippen MR) is 78.8 cm³/mol. The molecule has 4 nitrogen and oxygen atoms in total. The average molecular weight is 264 g/mol. The lowest BCUT2D eigenvalue weighted by molar-refractivity contribution is -0.143. The fraction of sp³-hybridized carbons (Fsp3) is 0.533. The van der Waals surface area contributed by atoms with Crippen molar-refractivity contribution in [2.24, 2.45) is 0 Å². The van der Waals surface area contributed by atoms with E-state index in [9.17, 15) is 9.90 Å². The van der Waals surface area contributed by atoms with Crippen molar-refractivity contribution in [3.8, 4) is 0 Å². The summed E-state index contributed by atoms with van der Waals surface area (Å²) in [4.78, 5) is 13.4. The number of benzene rings is 1. The molecule has 0 aromatic heterocycles. The van der Waals surface area contributed by atoms with Gasteiger partial charge < -0.3 is 15.3 Å².